The van der Waals surface area contributed by atoms with E-state index in [1.165, 1.54) is 62.6 Å². The minimum Gasteiger partial charge on any atom is -0.496 e. The van der Waals surface area contributed by atoms with Crippen LogP contribution in [0.25, 0.3) is 15.2 Å². The number of halogens is 1. The second kappa shape index (κ2) is 12.0. The van der Waals surface area contributed by atoms with Crippen molar-refractivity contribution in [1.82, 2.24) is 29.4 Å². The summed E-state index contributed by atoms with van der Waals surface area (Å²) in [5, 5.41) is 22.0. The number of carbonyl (C=O) groups excluding carboxylic acids is 2. The highest BCUT2D eigenvalue weighted by atomic mass is 32.1. The highest BCUT2D eigenvalue weighted by Gasteiger charge is 2.37. The number of methoxy groups -OCH3 is 1. The van der Waals surface area contributed by atoms with Crippen LogP contribution in [0.5, 0.6) is 5.75 Å². The molecule has 0 aliphatic rings. The van der Waals surface area contributed by atoms with Crippen molar-refractivity contribution in [1.29, 1.82) is 0 Å². The molecule has 0 radical (unpaired) electrons. The number of rotatable bonds is 10. The zero-order valence-electron chi connectivity index (χ0n) is 25.7. The average molecular weight is 631 g/mol. The lowest BCUT2D eigenvalue weighted by Crippen LogP contribution is -2.56. The third-order valence-electron chi connectivity index (χ3n) is 6.96. The Morgan fingerprint density at radius 3 is 2.34 bits per heavy atom. The highest BCUT2D eigenvalue weighted by Crippen LogP contribution is 2.35. The summed E-state index contributed by atoms with van der Waals surface area (Å²) >= 11 is 1.04. The van der Waals surface area contributed by atoms with Crippen molar-refractivity contribution >= 4 is 33.4 Å². The third kappa shape index (κ3) is 6.01. The molecule has 0 saturated carbocycles. The van der Waals surface area contributed by atoms with Crippen molar-refractivity contribution in [3.05, 3.63) is 68.4 Å². The van der Waals surface area contributed by atoms with Crippen LogP contribution < -0.4 is 21.3 Å². The number of ether oxygens (including phenoxy) is 2. The van der Waals surface area contributed by atoms with Gasteiger partial charge in [0.15, 0.2) is 5.60 Å². The second-order valence-electron chi connectivity index (χ2n) is 11.6. The quantitative estimate of drug-likeness (QED) is 0.251. The molecule has 0 aliphatic heterocycles. The molecule has 1 amide bonds. The fourth-order valence-electron chi connectivity index (χ4n) is 4.64. The second-order valence-corrected chi connectivity index (χ2v) is 12.6. The topological polar surface area (TPSA) is 160 Å². The SMILES string of the molecule is COc1ccc(F)cc1[C@@H](Cn1c(=O)n(C(C)(C)C(=O)NC(C)C)c(=O)c2c(C)c(-n3nccn3)sc21)OC(=O)C(C)(C)O. The first-order valence-electron chi connectivity index (χ1n) is 13.7. The van der Waals surface area contributed by atoms with Gasteiger partial charge in [-0.15, -0.1) is 4.80 Å². The number of esters is 1. The molecule has 3 heterocycles. The van der Waals surface area contributed by atoms with Crippen LogP contribution in [0, 0.1) is 12.7 Å². The van der Waals surface area contributed by atoms with Gasteiger partial charge in [0.2, 0.25) is 5.91 Å². The molecule has 3 aromatic heterocycles. The standard InChI is InChI=1S/C29H35FN6O7S/c1-15(2)33-25(38)28(4,5)35-22(37)21-16(3)23(36-31-11-12-32-36)44-24(21)34(27(35)40)14-20(43-26(39)29(6,7)41)18-13-17(30)9-10-19(18)42-8/h9-13,15,20,41H,14H2,1-8H3,(H,33,38)/t20-/m1/s1. The molecule has 15 heteroatoms. The summed E-state index contributed by atoms with van der Waals surface area (Å²) in [4.78, 5) is 56.2. The normalized spacial score (nSPS) is 12.9. The number of nitrogens with one attached hydrogen (secondary N) is 1. The molecule has 44 heavy (non-hydrogen) atoms. The monoisotopic (exact) mass is 630 g/mol. The van der Waals surface area contributed by atoms with Gasteiger partial charge in [0, 0.05) is 17.2 Å². The van der Waals surface area contributed by atoms with Crippen LogP contribution in [0.3, 0.4) is 0 Å². The van der Waals surface area contributed by atoms with Crippen LogP contribution in [-0.4, -0.2) is 59.9 Å². The van der Waals surface area contributed by atoms with E-state index in [4.69, 9.17) is 9.47 Å². The van der Waals surface area contributed by atoms with Gasteiger partial charge in [0.25, 0.3) is 5.56 Å². The number of carbonyl (C=O) groups is 2. The van der Waals surface area contributed by atoms with Gasteiger partial charge in [-0.05, 0) is 66.7 Å². The highest BCUT2D eigenvalue weighted by molar-refractivity contribution is 7.21. The van der Waals surface area contributed by atoms with Crippen LogP contribution in [0.15, 0.2) is 40.2 Å². The number of fused-ring (bicyclic) bond motifs is 1. The maximum atomic E-state index is 14.5. The molecule has 0 saturated heterocycles. The molecule has 2 N–H and O–H groups in total. The number of hydrogen-bond acceptors (Lipinski definition) is 10. The van der Waals surface area contributed by atoms with Gasteiger partial charge in [-0.3, -0.25) is 14.2 Å². The number of amides is 1. The molecule has 0 fully saturated rings. The first-order chi connectivity index (χ1) is 20.5. The van der Waals surface area contributed by atoms with Gasteiger partial charge in [-0.2, -0.15) is 10.2 Å². The van der Waals surface area contributed by atoms with Crippen molar-refractivity contribution in [3.8, 4) is 10.8 Å². The molecular formula is C29H35FN6O7S. The summed E-state index contributed by atoms with van der Waals surface area (Å²) in [5.41, 5.74) is -4.68. The Morgan fingerprint density at radius 2 is 1.77 bits per heavy atom. The molecule has 1 aromatic carbocycles. The molecule has 236 valence electrons. The maximum Gasteiger partial charge on any atom is 0.338 e. The minimum absolute atomic E-state index is 0.0713. The Balaban J connectivity index is 2.07. The Hall–Kier alpha value is -4.37. The maximum absolute atomic E-state index is 14.5. The summed E-state index contributed by atoms with van der Waals surface area (Å²) in [6.45, 7) is 10.1. The summed E-state index contributed by atoms with van der Waals surface area (Å²) in [7, 11) is 1.35. The molecule has 0 aliphatic carbocycles. The summed E-state index contributed by atoms with van der Waals surface area (Å²) < 4.78 is 27.7. The predicted molar refractivity (Wildman–Crippen MR) is 161 cm³/mol. The van der Waals surface area contributed by atoms with Crippen molar-refractivity contribution in [2.24, 2.45) is 0 Å². The zero-order valence-corrected chi connectivity index (χ0v) is 26.5. The number of benzene rings is 1. The van der Waals surface area contributed by atoms with Gasteiger partial charge in [-0.1, -0.05) is 11.3 Å². The molecule has 0 unspecified atom stereocenters. The number of aromatic nitrogens is 5. The Morgan fingerprint density at radius 1 is 1.14 bits per heavy atom. The average Bonchev–Trinajstić information content (AvgIpc) is 3.57. The summed E-state index contributed by atoms with van der Waals surface area (Å²) in [5.74, 6) is -2.14. The summed E-state index contributed by atoms with van der Waals surface area (Å²) in [6.07, 6.45) is 1.53. The fraction of sp³-hybridized carbons (Fsp3) is 0.448. The van der Waals surface area contributed by atoms with E-state index in [1.54, 1.807) is 20.8 Å². The molecule has 0 spiro atoms. The number of hydrogen-bond donors (Lipinski definition) is 2. The fourth-order valence-corrected chi connectivity index (χ4v) is 5.86. The molecule has 0 bridgehead atoms. The number of nitrogens with zero attached hydrogens (tertiary/aromatic N) is 5. The van der Waals surface area contributed by atoms with E-state index in [0.29, 0.717) is 10.6 Å². The first kappa shape index (κ1) is 32.5. The molecule has 13 nitrogen and oxygen atoms in total. The van der Waals surface area contributed by atoms with E-state index < -0.39 is 52.7 Å². The van der Waals surface area contributed by atoms with Crippen molar-refractivity contribution in [2.45, 2.75) is 78.3 Å². The number of aliphatic hydroxyl groups is 1. The molecule has 1 atom stereocenters. The predicted octanol–water partition coefficient (Wildman–Crippen LogP) is 2.58. The minimum atomic E-state index is -1.94. The summed E-state index contributed by atoms with van der Waals surface area (Å²) in [6, 6.07) is 3.31. The smallest absolute Gasteiger partial charge is 0.338 e. The largest absolute Gasteiger partial charge is 0.496 e. The zero-order chi connectivity index (χ0) is 32.7. The third-order valence-corrected chi connectivity index (χ3v) is 8.24. The number of aryl methyl sites for hydroxylation is 1. The van der Waals surface area contributed by atoms with Crippen LogP contribution in [0.2, 0.25) is 0 Å². The van der Waals surface area contributed by atoms with Crippen molar-refractivity contribution in [2.75, 3.05) is 7.11 Å². The van der Waals surface area contributed by atoms with E-state index in [-0.39, 0.29) is 27.6 Å². The van der Waals surface area contributed by atoms with Gasteiger partial charge in [-0.25, -0.2) is 18.5 Å². The van der Waals surface area contributed by atoms with E-state index in [0.717, 1.165) is 28.0 Å². The Bertz CT molecular complexity index is 1830. The lowest BCUT2D eigenvalue weighted by molar-refractivity contribution is -0.168. The first-order valence-corrected chi connectivity index (χ1v) is 14.5. The van der Waals surface area contributed by atoms with Gasteiger partial charge < -0.3 is 19.9 Å². The molecule has 4 aromatic rings. The van der Waals surface area contributed by atoms with E-state index >= 15 is 0 Å². The van der Waals surface area contributed by atoms with Crippen molar-refractivity contribution < 1.29 is 28.6 Å². The van der Waals surface area contributed by atoms with Crippen LogP contribution >= 0.6 is 11.3 Å². The lowest BCUT2D eigenvalue weighted by Gasteiger charge is -2.29. The lowest BCUT2D eigenvalue weighted by atomic mass is 10.0. The Labute approximate surface area is 255 Å². The van der Waals surface area contributed by atoms with E-state index in [9.17, 15) is 28.7 Å². The van der Waals surface area contributed by atoms with Crippen molar-refractivity contribution in [3.63, 3.8) is 0 Å². The van der Waals surface area contributed by atoms with Gasteiger partial charge >= 0.3 is 11.7 Å². The van der Waals surface area contributed by atoms with Crippen LogP contribution in [0.1, 0.15) is 58.8 Å². The number of thiophene rings is 1. The van der Waals surface area contributed by atoms with Crippen LogP contribution in [-0.2, 0) is 26.4 Å². The molecule has 4 rings (SSSR count). The van der Waals surface area contributed by atoms with E-state index in [1.807, 2.05) is 0 Å². The van der Waals surface area contributed by atoms with Gasteiger partial charge in [0.05, 0.1) is 31.4 Å². The van der Waals surface area contributed by atoms with Gasteiger partial charge in [0.1, 0.15) is 33.0 Å². The Kier molecular flexibility index (Phi) is 8.85. The molecular weight excluding hydrogens is 595 g/mol. The van der Waals surface area contributed by atoms with Crippen LogP contribution in [0.4, 0.5) is 4.39 Å². The van der Waals surface area contributed by atoms with E-state index in [2.05, 4.69) is 15.5 Å².